The minimum Gasteiger partial charge on any atom is -0.378 e. The Bertz CT molecular complexity index is 613. The topological polar surface area (TPSA) is 81.4 Å². The number of hydrogen-bond donors (Lipinski definition) is 2. The molecule has 21 heavy (non-hydrogen) atoms. The van der Waals surface area contributed by atoms with Crippen molar-refractivity contribution in [3.63, 3.8) is 0 Å². The van der Waals surface area contributed by atoms with E-state index in [1.54, 1.807) is 6.07 Å². The van der Waals surface area contributed by atoms with E-state index in [1.165, 1.54) is 11.3 Å². The van der Waals surface area contributed by atoms with Gasteiger partial charge in [-0.2, -0.15) is 0 Å². The van der Waals surface area contributed by atoms with Crippen LogP contribution in [0.25, 0.3) is 0 Å². The molecule has 1 aliphatic rings. The molecule has 0 aromatic carbocycles. The van der Waals surface area contributed by atoms with Crippen LogP contribution in [0.5, 0.6) is 0 Å². The van der Waals surface area contributed by atoms with Gasteiger partial charge in [0.25, 0.3) is 0 Å². The van der Waals surface area contributed by atoms with Crippen LogP contribution < -0.4 is 10.5 Å². The van der Waals surface area contributed by atoms with Crippen molar-refractivity contribution in [2.45, 2.75) is 50.8 Å². The van der Waals surface area contributed by atoms with Crippen LogP contribution in [0.15, 0.2) is 14.7 Å². The standard InChI is InChI=1S/C13H21BrN2O3S2/c1-4-19-11-6-10(13(11,2)3)16-21(17,18)9-5-8(7-15)20-12(9)14/h5,10-11,16H,4,6-7,15H2,1-3H3. The van der Waals surface area contributed by atoms with Gasteiger partial charge >= 0.3 is 0 Å². The van der Waals surface area contributed by atoms with Crippen molar-refractivity contribution in [1.82, 2.24) is 4.72 Å². The zero-order valence-electron chi connectivity index (χ0n) is 12.3. The Hall–Kier alpha value is 0.01000. The number of halogens is 1. The van der Waals surface area contributed by atoms with Gasteiger partial charge in [0.15, 0.2) is 0 Å². The number of sulfonamides is 1. The van der Waals surface area contributed by atoms with Crippen molar-refractivity contribution >= 4 is 37.3 Å². The summed E-state index contributed by atoms with van der Waals surface area (Å²) >= 11 is 4.66. The molecule has 1 fully saturated rings. The molecule has 0 bridgehead atoms. The summed E-state index contributed by atoms with van der Waals surface area (Å²) in [5.41, 5.74) is 5.36. The summed E-state index contributed by atoms with van der Waals surface area (Å²) in [4.78, 5) is 1.10. The molecule has 1 heterocycles. The summed E-state index contributed by atoms with van der Waals surface area (Å²) in [6.45, 7) is 6.98. The molecule has 0 aliphatic heterocycles. The number of nitrogens with one attached hydrogen (secondary N) is 1. The monoisotopic (exact) mass is 396 g/mol. The van der Waals surface area contributed by atoms with Crippen LogP contribution >= 0.6 is 27.3 Å². The maximum Gasteiger partial charge on any atom is 0.242 e. The van der Waals surface area contributed by atoms with Gasteiger partial charge in [-0.1, -0.05) is 13.8 Å². The van der Waals surface area contributed by atoms with Gasteiger partial charge in [-0.3, -0.25) is 0 Å². The molecular formula is C13H21BrN2O3S2. The van der Waals surface area contributed by atoms with Gasteiger partial charge in [0, 0.05) is 29.5 Å². The number of rotatable bonds is 6. The number of hydrogen-bond acceptors (Lipinski definition) is 5. The second-order valence-electron chi connectivity index (χ2n) is 5.73. The SMILES string of the molecule is CCOC1CC(NS(=O)(=O)c2cc(CN)sc2Br)C1(C)C. The van der Waals surface area contributed by atoms with Crippen LogP contribution in [-0.2, 0) is 21.3 Å². The fourth-order valence-electron chi connectivity index (χ4n) is 2.50. The predicted octanol–water partition coefficient (Wildman–Crippen LogP) is 2.45. The minimum atomic E-state index is -3.55. The lowest BCUT2D eigenvalue weighted by Gasteiger charge is -2.51. The van der Waals surface area contributed by atoms with Crippen LogP contribution in [0.4, 0.5) is 0 Å². The number of ether oxygens (including phenoxy) is 1. The maximum absolute atomic E-state index is 12.5. The first-order valence-corrected chi connectivity index (χ1v) is 9.93. The summed E-state index contributed by atoms with van der Waals surface area (Å²) in [6, 6.07) is 1.51. The van der Waals surface area contributed by atoms with E-state index >= 15 is 0 Å². The van der Waals surface area contributed by atoms with E-state index in [0.717, 1.165) is 4.88 Å². The van der Waals surface area contributed by atoms with E-state index in [-0.39, 0.29) is 22.5 Å². The fourth-order valence-corrected chi connectivity index (χ4v) is 6.47. The molecule has 5 nitrogen and oxygen atoms in total. The molecule has 0 saturated heterocycles. The Kier molecular flexibility index (Phi) is 5.17. The molecule has 2 atom stereocenters. The highest BCUT2D eigenvalue weighted by molar-refractivity contribution is 9.11. The summed E-state index contributed by atoms with van der Waals surface area (Å²) in [5.74, 6) is 0. The molecule has 8 heteroatoms. The van der Waals surface area contributed by atoms with Crippen molar-refractivity contribution < 1.29 is 13.2 Å². The molecule has 120 valence electrons. The molecule has 3 N–H and O–H groups in total. The smallest absolute Gasteiger partial charge is 0.242 e. The first-order chi connectivity index (χ1) is 9.72. The Balaban J connectivity index is 2.14. The molecule has 1 aromatic rings. The predicted molar refractivity (Wildman–Crippen MR) is 87.8 cm³/mol. The average Bonchev–Trinajstić information content (AvgIpc) is 2.80. The Morgan fingerprint density at radius 1 is 1.57 bits per heavy atom. The average molecular weight is 397 g/mol. The number of thiophene rings is 1. The van der Waals surface area contributed by atoms with Gasteiger partial charge in [0.1, 0.15) is 4.90 Å². The highest BCUT2D eigenvalue weighted by Crippen LogP contribution is 2.44. The lowest BCUT2D eigenvalue weighted by Crippen LogP contribution is -2.61. The normalized spacial score (nSPS) is 24.8. The van der Waals surface area contributed by atoms with E-state index in [9.17, 15) is 8.42 Å². The Morgan fingerprint density at radius 3 is 2.71 bits per heavy atom. The van der Waals surface area contributed by atoms with Gasteiger partial charge in [-0.05, 0) is 35.3 Å². The third kappa shape index (κ3) is 3.35. The van der Waals surface area contributed by atoms with Crippen LogP contribution in [0.1, 0.15) is 32.1 Å². The van der Waals surface area contributed by atoms with E-state index in [2.05, 4.69) is 20.7 Å². The highest BCUT2D eigenvalue weighted by atomic mass is 79.9. The lowest BCUT2D eigenvalue weighted by molar-refractivity contribution is -0.108. The number of nitrogens with two attached hydrogens (primary N) is 1. The summed E-state index contributed by atoms with van der Waals surface area (Å²) < 4.78 is 34.1. The zero-order chi connectivity index (χ0) is 15.8. The minimum absolute atomic E-state index is 0.0979. The third-order valence-corrected chi connectivity index (χ3v) is 7.79. The molecule has 0 amide bonds. The van der Waals surface area contributed by atoms with Gasteiger partial charge in [0.2, 0.25) is 10.0 Å². The largest absolute Gasteiger partial charge is 0.378 e. The van der Waals surface area contributed by atoms with Crippen LogP contribution in [-0.4, -0.2) is 27.2 Å². The molecule has 0 radical (unpaired) electrons. The van der Waals surface area contributed by atoms with E-state index in [4.69, 9.17) is 10.5 Å². The first-order valence-electron chi connectivity index (χ1n) is 6.84. The van der Waals surface area contributed by atoms with E-state index in [1.807, 2.05) is 20.8 Å². The quantitative estimate of drug-likeness (QED) is 0.773. The van der Waals surface area contributed by atoms with Gasteiger partial charge in [-0.15, -0.1) is 11.3 Å². The summed E-state index contributed by atoms with van der Waals surface area (Å²) in [6.07, 6.45) is 0.798. The zero-order valence-corrected chi connectivity index (χ0v) is 15.6. The van der Waals surface area contributed by atoms with Gasteiger partial charge < -0.3 is 10.5 Å². The van der Waals surface area contributed by atoms with Crippen molar-refractivity contribution in [2.75, 3.05) is 6.61 Å². The molecule has 2 rings (SSSR count). The van der Waals surface area contributed by atoms with Crippen molar-refractivity contribution in [2.24, 2.45) is 11.1 Å². The summed E-state index contributed by atoms with van der Waals surface area (Å²) in [7, 11) is -3.55. The second kappa shape index (κ2) is 6.25. The Morgan fingerprint density at radius 2 is 2.24 bits per heavy atom. The molecular weight excluding hydrogens is 376 g/mol. The van der Waals surface area contributed by atoms with E-state index in [0.29, 0.717) is 23.4 Å². The van der Waals surface area contributed by atoms with Crippen LogP contribution in [0.2, 0.25) is 0 Å². The van der Waals surface area contributed by atoms with Crippen LogP contribution in [0.3, 0.4) is 0 Å². The first kappa shape index (κ1) is 17.4. The third-order valence-electron chi connectivity index (χ3n) is 4.04. The fraction of sp³-hybridized carbons (Fsp3) is 0.692. The molecule has 0 spiro atoms. The maximum atomic E-state index is 12.5. The molecule has 1 saturated carbocycles. The lowest BCUT2D eigenvalue weighted by atomic mass is 9.65. The summed E-state index contributed by atoms with van der Waals surface area (Å²) in [5, 5.41) is 0. The Labute approximate surface area is 138 Å². The van der Waals surface area contributed by atoms with Crippen molar-refractivity contribution in [3.05, 3.63) is 14.7 Å². The van der Waals surface area contributed by atoms with Gasteiger partial charge in [0.05, 0.1) is 9.89 Å². The van der Waals surface area contributed by atoms with Crippen molar-refractivity contribution in [3.8, 4) is 0 Å². The highest BCUT2D eigenvalue weighted by Gasteiger charge is 2.50. The molecule has 2 unspecified atom stereocenters. The molecule has 1 aromatic heterocycles. The van der Waals surface area contributed by atoms with Gasteiger partial charge in [-0.25, -0.2) is 13.1 Å². The second-order valence-corrected chi connectivity index (χ2v) is 9.87. The van der Waals surface area contributed by atoms with Crippen LogP contribution in [0, 0.1) is 5.41 Å². The van der Waals surface area contributed by atoms with E-state index < -0.39 is 10.0 Å². The molecule has 1 aliphatic carbocycles. The van der Waals surface area contributed by atoms with Crippen molar-refractivity contribution in [1.29, 1.82) is 0 Å².